The number of hydrogen-bond donors (Lipinski definition) is 4. The minimum Gasteiger partial charge on any atom is -0.369 e. The predicted molar refractivity (Wildman–Crippen MR) is 92.7 cm³/mol. The lowest BCUT2D eigenvalue weighted by Gasteiger charge is -2.01. The van der Waals surface area contributed by atoms with E-state index in [4.69, 9.17) is 11.5 Å². The Hall–Kier alpha value is -2.32. The van der Waals surface area contributed by atoms with Gasteiger partial charge in [0, 0.05) is 9.79 Å². The number of anilines is 2. The molecule has 6 nitrogen and oxygen atoms in total. The van der Waals surface area contributed by atoms with Gasteiger partial charge in [-0.15, -0.1) is 0 Å². The first kappa shape index (κ1) is 13.4. The molecule has 8 heteroatoms. The Bertz CT molecular complexity index is 894. The summed E-state index contributed by atoms with van der Waals surface area (Å²) in [6, 6.07) is 12.1. The largest absolute Gasteiger partial charge is 0.369 e. The van der Waals surface area contributed by atoms with E-state index in [-0.39, 0.29) is 0 Å². The van der Waals surface area contributed by atoms with Gasteiger partial charge in [0.2, 0.25) is 0 Å². The average molecular weight is 328 g/mol. The number of nitrogens with two attached hydrogens (primary N) is 2. The third kappa shape index (κ3) is 2.46. The lowest BCUT2D eigenvalue weighted by molar-refractivity contribution is 1.35. The number of nitrogens with one attached hydrogen (secondary N) is 2. The predicted octanol–water partition coefficient (Wildman–Crippen LogP) is 3.40. The highest BCUT2D eigenvalue weighted by Crippen LogP contribution is 2.39. The summed E-state index contributed by atoms with van der Waals surface area (Å²) in [7, 11) is 3.35. The van der Waals surface area contributed by atoms with Gasteiger partial charge >= 0.3 is 0 Å². The van der Waals surface area contributed by atoms with Crippen LogP contribution < -0.4 is 11.5 Å². The fourth-order valence-electron chi connectivity index (χ4n) is 2.22. The van der Waals surface area contributed by atoms with Crippen molar-refractivity contribution >= 4 is 55.6 Å². The standard InChI is InChI=1S/C14H12N6S2/c15-13-17-9-3-1-7(5-11(9)19-13)21-22-8-2-4-10-12(6-8)20-14(16)18-10/h1-6H,(H3,15,17,19)(H3,16,18,20). The Morgan fingerprint density at radius 1 is 0.727 bits per heavy atom. The molecule has 0 saturated carbocycles. The molecule has 2 heterocycles. The van der Waals surface area contributed by atoms with Gasteiger partial charge in [0.05, 0.1) is 22.1 Å². The zero-order valence-corrected chi connectivity index (χ0v) is 13.0. The molecule has 0 aliphatic carbocycles. The summed E-state index contributed by atoms with van der Waals surface area (Å²) < 4.78 is 0. The van der Waals surface area contributed by atoms with Crippen molar-refractivity contribution in [3.05, 3.63) is 36.4 Å². The van der Waals surface area contributed by atoms with Crippen molar-refractivity contribution in [1.82, 2.24) is 19.9 Å². The van der Waals surface area contributed by atoms with E-state index in [0.29, 0.717) is 11.9 Å². The molecule has 6 N–H and O–H groups in total. The molecule has 2 aromatic carbocycles. The van der Waals surface area contributed by atoms with Crippen molar-refractivity contribution < 1.29 is 0 Å². The second-order valence-electron chi connectivity index (χ2n) is 4.77. The monoisotopic (exact) mass is 328 g/mol. The minimum atomic E-state index is 0.437. The molecule has 0 aliphatic heterocycles. The molecule has 22 heavy (non-hydrogen) atoms. The molecule has 2 aromatic heterocycles. The smallest absolute Gasteiger partial charge is 0.198 e. The van der Waals surface area contributed by atoms with Crippen LogP contribution in [0, 0.1) is 0 Å². The Balaban J connectivity index is 1.56. The lowest BCUT2D eigenvalue weighted by Crippen LogP contribution is -1.84. The summed E-state index contributed by atoms with van der Waals surface area (Å²) in [5.41, 5.74) is 15.0. The Kier molecular flexibility index (Phi) is 3.12. The quantitative estimate of drug-likeness (QED) is 0.429. The van der Waals surface area contributed by atoms with E-state index >= 15 is 0 Å². The number of hydrogen-bond acceptors (Lipinski definition) is 6. The molecule has 0 bridgehead atoms. The van der Waals surface area contributed by atoms with Gasteiger partial charge in [-0.25, -0.2) is 9.97 Å². The van der Waals surface area contributed by atoms with Crippen molar-refractivity contribution in [2.45, 2.75) is 9.79 Å². The summed E-state index contributed by atoms with van der Waals surface area (Å²) >= 11 is 0. The molecule has 0 amide bonds. The first-order chi connectivity index (χ1) is 10.7. The number of rotatable bonds is 3. The van der Waals surface area contributed by atoms with Gasteiger partial charge in [0.1, 0.15) is 0 Å². The van der Waals surface area contributed by atoms with Crippen LogP contribution in [0.1, 0.15) is 0 Å². The molecule has 0 aliphatic rings. The zero-order chi connectivity index (χ0) is 15.1. The van der Waals surface area contributed by atoms with Gasteiger partial charge in [-0.05, 0) is 36.4 Å². The van der Waals surface area contributed by atoms with Crippen LogP contribution in [0.15, 0.2) is 46.2 Å². The third-order valence-corrected chi connectivity index (χ3v) is 5.56. The van der Waals surface area contributed by atoms with Gasteiger partial charge in [0.25, 0.3) is 0 Å². The van der Waals surface area contributed by atoms with Crippen LogP contribution in [0.4, 0.5) is 11.9 Å². The second kappa shape index (κ2) is 5.15. The van der Waals surface area contributed by atoms with E-state index in [1.165, 1.54) is 0 Å². The highest BCUT2D eigenvalue weighted by Gasteiger charge is 2.05. The Morgan fingerprint density at radius 3 is 1.64 bits per heavy atom. The number of nitrogens with zero attached hydrogens (tertiary/aromatic N) is 2. The number of H-pyrrole nitrogens is 2. The van der Waals surface area contributed by atoms with Gasteiger partial charge in [-0.3, -0.25) is 0 Å². The molecule has 4 rings (SSSR count). The first-order valence-corrected chi connectivity index (χ1v) is 8.67. The van der Waals surface area contributed by atoms with Crippen molar-refractivity contribution in [1.29, 1.82) is 0 Å². The Morgan fingerprint density at radius 2 is 1.18 bits per heavy atom. The van der Waals surface area contributed by atoms with Crippen LogP contribution in [0.2, 0.25) is 0 Å². The summed E-state index contributed by atoms with van der Waals surface area (Å²) in [4.78, 5) is 16.7. The maximum atomic E-state index is 5.66. The molecule has 0 radical (unpaired) electrons. The van der Waals surface area contributed by atoms with E-state index in [9.17, 15) is 0 Å². The highest BCUT2D eigenvalue weighted by atomic mass is 33.1. The Labute approximate surface area is 133 Å². The molecule has 4 aromatic rings. The van der Waals surface area contributed by atoms with Crippen LogP contribution in [-0.4, -0.2) is 19.9 Å². The normalized spacial score (nSPS) is 11.5. The summed E-state index contributed by atoms with van der Waals surface area (Å²) in [5.74, 6) is 0.874. The van der Waals surface area contributed by atoms with E-state index < -0.39 is 0 Å². The van der Waals surface area contributed by atoms with Crippen LogP contribution in [0.3, 0.4) is 0 Å². The molecule has 0 fully saturated rings. The third-order valence-electron chi connectivity index (χ3n) is 3.18. The minimum absolute atomic E-state index is 0.437. The summed E-state index contributed by atoms with van der Waals surface area (Å²) in [6.07, 6.45) is 0. The topological polar surface area (TPSA) is 109 Å². The second-order valence-corrected chi connectivity index (χ2v) is 7.04. The van der Waals surface area contributed by atoms with Crippen molar-refractivity contribution in [2.75, 3.05) is 11.5 Å². The van der Waals surface area contributed by atoms with E-state index in [0.717, 1.165) is 31.9 Å². The molecule has 0 unspecified atom stereocenters. The number of aromatic amines is 2. The number of fused-ring (bicyclic) bond motifs is 2. The average Bonchev–Trinajstić information content (AvgIpc) is 3.04. The number of nitrogen functional groups attached to an aromatic ring is 2. The number of imidazole rings is 2. The molecular weight excluding hydrogens is 316 g/mol. The molecule has 0 spiro atoms. The van der Waals surface area contributed by atoms with Crippen LogP contribution >= 0.6 is 21.6 Å². The SMILES string of the molecule is Nc1nc2ccc(SSc3ccc4nc(N)[nH]c4c3)cc2[nH]1. The fourth-order valence-corrected chi connectivity index (χ4v) is 4.19. The van der Waals surface area contributed by atoms with E-state index in [1.807, 2.05) is 36.4 Å². The van der Waals surface area contributed by atoms with Crippen molar-refractivity contribution in [2.24, 2.45) is 0 Å². The summed E-state index contributed by atoms with van der Waals surface area (Å²) in [5, 5.41) is 0. The number of aromatic nitrogens is 4. The maximum Gasteiger partial charge on any atom is 0.198 e. The van der Waals surface area contributed by atoms with Gasteiger partial charge in [-0.1, -0.05) is 21.6 Å². The maximum absolute atomic E-state index is 5.66. The highest BCUT2D eigenvalue weighted by molar-refractivity contribution is 8.76. The van der Waals surface area contributed by atoms with Crippen LogP contribution in [-0.2, 0) is 0 Å². The first-order valence-electron chi connectivity index (χ1n) is 6.52. The van der Waals surface area contributed by atoms with Gasteiger partial charge in [-0.2, -0.15) is 0 Å². The van der Waals surface area contributed by atoms with E-state index in [2.05, 4.69) is 19.9 Å². The zero-order valence-electron chi connectivity index (χ0n) is 11.3. The van der Waals surface area contributed by atoms with Crippen molar-refractivity contribution in [3.63, 3.8) is 0 Å². The summed E-state index contributed by atoms with van der Waals surface area (Å²) in [6.45, 7) is 0. The van der Waals surface area contributed by atoms with E-state index in [1.54, 1.807) is 21.6 Å². The molecule has 0 atom stereocenters. The van der Waals surface area contributed by atoms with Crippen LogP contribution in [0.5, 0.6) is 0 Å². The van der Waals surface area contributed by atoms with Gasteiger partial charge < -0.3 is 21.4 Å². The lowest BCUT2D eigenvalue weighted by atomic mass is 10.3. The molecular formula is C14H12N6S2. The molecule has 110 valence electrons. The molecule has 0 saturated heterocycles. The fraction of sp³-hybridized carbons (Fsp3) is 0. The van der Waals surface area contributed by atoms with Crippen LogP contribution in [0.25, 0.3) is 22.1 Å². The van der Waals surface area contributed by atoms with Gasteiger partial charge in [0.15, 0.2) is 11.9 Å². The number of benzene rings is 2. The van der Waals surface area contributed by atoms with Crippen molar-refractivity contribution in [3.8, 4) is 0 Å².